The molecule has 0 aromatic heterocycles. The van der Waals surface area contributed by atoms with Gasteiger partial charge in [0, 0.05) is 11.3 Å². The van der Waals surface area contributed by atoms with Gasteiger partial charge in [0.15, 0.2) is 0 Å². The molecular weight excluding hydrogens is 274 g/mol. The summed E-state index contributed by atoms with van der Waals surface area (Å²) >= 11 is 1.34. The quantitative estimate of drug-likeness (QED) is 0.273. The molecular formula is C9H11N5O4S. The van der Waals surface area contributed by atoms with Crippen LogP contribution in [-0.4, -0.2) is 51.3 Å². The molecule has 6 N–H and O–H groups in total. The predicted octanol–water partition coefficient (Wildman–Crippen LogP) is -1.78. The molecule has 102 valence electrons. The van der Waals surface area contributed by atoms with Gasteiger partial charge in [-0.1, -0.05) is 0 Å². The second kappa shape index (κ2) is 4.90. The first kappa shape index (κ1) is 13.4. The summed E-state index contributed by atoms with van der Waals surface area (Å²) < 4.78 is 0. The van der Waals surface area contributed by atoms with Crippen LogP contribution in [0.5, 0.6) is 0 Å². The number of carbonyl (C=O) groups is 3. The number of thioether (sulfide) groups is 1. The third-order valence-electron chi connectivity index (χ3n) is 2.64. The van der Waals surface area contributed by atoms with Crippen molar-refractivity contribution in [3.05, 3.63) is 11.3 Å². The van der Waals surface area contributed by atoms with Crippen LogP contribution in [0.3, 0.4) is 0 Å². The minimum Gasteiger partial charge on any atom is -0.477 e. The molecule has 0 spiro atoms. The van der Waals surface area contributed by atoms with Crippen molar-refractivity contribution in [1.82, 2.24) is 10.3 Å². The first-order valence-electron chi connectivity index (χ1n) is 5.18. The van der Waals surface area contributed by atoms with Gasteiger partial charge in [0.1, 0.15) is 17.1 Å². The fraction of sp³-hybridized carbons (Fsp3) is 0.333. The zero-order valence-corrected chi connectivity index (χ0v) is 10.4. The number of amides is 3. The van der Waals surface area contributed by atoms with Crippen molar-refractivity contribution in [1.29, 1.82) is 0 Å². The number of β-lactam (4-membered cyclic amide) rings is 1. The molecule has 19 heavy (non-hydrogen) atoms. The Bertz CT molecular complexity index is 517. The van der Waals surface area contributed by atoms with Gasteiger partial charge in [-0.05, 0) is 0 Å². The molecule has 2 rings (SSSR count). The van der Waals surface area contributed by atoms with Gasteiger partial charge in [0.2, 0.25) is 5.91 Å². The Morgan fingerprint density at radius 3 is 2.84 bits per heavy atom. The molecule has 0 saturated carbocycles. The lowest BCUT2D eigenvalue weighted by Gasteiger charge is -2.47. The molecule has 0 aromatic rings. The van der Waals surface area contributed by atoms with E-state index in [4.69, 9.17) is 16.6 Å². The maximum absolute atomic E-state index is 11.6. The highest BCUT2D eigenvalue weighted by Gasteiger charge is 2.51. The van der Waals surface area contributed by atoms with E-state index >= 15 is 0 Å². The van der Waals surface area contributed by atoms with E-state index in [0.29, 0.717) is 11.3 Å². The Labute approximate surface area is 111 Å². The summed E-state index contributed by atoms with van der Waals surface area (Å²) in [4.78, 5) is 34.4. The van der Waals surface area contributed by atoms with E-state index in [-0.39, 0.29) is 11.1 Å². The topological polar surface area (TPSA) is 151 Å². The van der Waals surface area contributed by atoms with Crippen LogP contribution < -0.4 is 16.9 Å². The van der Waals surface area contributed by atoms with Crippen molar-refractivity contribution in [2.75, 3.05) is 5.75 Å². The Morgan fingerprint density at radius 1 is 1.58 bits per heavy atom. The SMILES string of the molecule is NC(=O)NN=CC1=C(C(=O)O)N2C(=O)C(N)[C@H]2SC1. The van der Waals surface area contributed by atoms with E-state index in [9.17, 15) is 14.4 Å². The van der Waals surface area contributed by atoms with Crippen molar-refractivity contribution >= 4 is 35.9 Å². The molecule has 0 radical (unpaired) electrons. The predicted molar refractivity (Wildman–Crippen MR) is 66.9 cm³/mol. The molecule has 2 atom stereocenters. The number of fused-ring (bicyclic) bond motifs is 1. The smallest absolute Gasteiger partial charge is 0.353 e. The van der Waals surface area contributed by atoms with E-state index in [1.165, 1.54) is 11.8 Å². The number of hydrogen-bond acceptors (Lipinski definition) is 6. The number of urea groups is 1. The Balaban J connectivity index is 2.28. The molecule has 10 heteroatoms. The number of nitrogens with one attached hydrogen (secondary N) is 1. The summed E-state index contributed by atoms with van der Waals surface area (Å²) in [6, 6.07) is -1.54. The molecule has 2 aliphatic rings. The standard InChI is InChI=1S/C9H11N5O4S/c10-4-6(15)14-5(8(16)17)3(2-19-7(4)14)1-12-13-9(11)18/h1,4,7H,2,10H2,(H,16,17)(H3,11,13,18)/t4?,7-/m1/s1. The fourth-order valence-electron chi connectivity index (χ4n) is 1.81. The van der Waals surface area contributed by atoms with Crippen LogP contribution in [0.25, 0.3) is 0 Å². The molecule has 9 nitrogen and oxygen atoms in total. The Morgan fingerprint density at radius 2 is 2.26 bits per heavy atom. The molecule has 3 amide bonds. The van der Waals surface area contributed by atoms with Gasteiger partial charge in [-0.2, -0.15) is 5.10 Å². The number of carboxylic acid groups (broad SMARTS) is 1. The molecule has 2 aliphatic heterocycles. The lowest BCUT2D eigenvalue weighted by molar-refractivity contribution is -0.147. The van der Waals surface area contributed by atoms with Crippen LogP contribution in [0, 0.1) is 0 Å². The minimum absolute atomic E-state index is 0.162. The zero-order chi connectivity index (χ0) is 14.2. The number of hydrogen-bond donors (Lipinski definition) is 4. The average molecular weight is 285 g/mol. The van der Waals surface area contributed by atoms with Crippen molar-refractivity contribution < 1.29 is 19.5 Å². The summed E-state index contributed by atoms with van der Waals surface area (Å²) in [7, 11) is 0. The van der Waals surface area contributed by atoms with Gasteiger partial charge in [-0.3, -0.25) is 9.69 Å². The summed E-state index contributed by atoms with van der Waals surface area (Å²) in [5.41, 5.74) is 12.5. The summed E-state index contributed by atoms with van der Waals surface area (Å²) in [6.45, 7) is 0. The highest BCUT2D eigenvalue weighted by Crippen LogP contribution is 2.38. The van der Waals surface area contributed by atoms with Crippen LogP contribution >= 0.6 is 11.8 Å². The van der Waals surface area contributed by atoms with Crippen LogP contribution in [0.1, 0.15) is 0 Å². The van der Waals surface area contributed by atoms with E-state index in [1.54, 1.807) is 0 Å². The molecule has 0 aromatic carbocycles. The minimum atomic E-state index is -1.24. The number of nitrogens with zero attached hydrogens (tertiary/aromatic N) is 2. The lowest BCUT2D eigenvalue weighted by atomic mass is 10.0. The van der Waals surface area contributed by atoms with Gasteiger partial charge in [-0.15, -0.1) is 11.8 Å². The van der Waals surface area contributed by atoms with Crippen LogP contribution in [0.2, 0.25) is 0 Å². The maximum atomic E-state index is 11.6. The summed E-state index contributed by atoms with van der Waals surface area (Å²) in [5, 5.41) is 12.3. The summed E-state index contributed by atoms with van der Waals surface area (Å²) in [5.74, 6) is -1.36. The second-order valence-electron chi connectivity index (χ2n) is 3.85. The van der Waals surface area contributed by atoms with Crippen molar-refractivity contribution in [3.8, 4) is 0 Å². The van der Waals surface area contributed by atoms with Crippen molar-refractivity contribution in [2.24, 2.45) is 16.6 Å². The molecule has 0 bridgehead atoms. The number of primary amides is 1. The van der Waals surface area contributed by atoms with E-state index in [2.05, 4.69) is 5.10 Å². The number of rotatable bonds is 3. The molecule has 1 fully saturated rings. The maximum Gasteiger partial charge on any atom is 0.353 e. The van der Waals surface area contributed by atoms with E-state index in [1.807, 2.05) is 5.43 Å². The van der Waals surface area contributed by atoms with Crippen LogP contribution in [0.15, 0.2) is 16.4 Å². The van der Waals surface area contributed by atoms with Gasteiger partial charge < -0.3 is 16.6 Å². The number of hydrazone groups is 1. The van der Waals surface area contributed by atoms with E-state index in [0.717, 1.165) is 11.1 Å². The first-order valence-corrected chi connectivity index (χ1v) is 6.23. The Hall–Kier alpha value is -2.07. The van der Waals surface area contributed by atoms with Gasteiger partial charge in [-0.25, -0.2) is 15.0 Å². The molecule has 0 aliphatic carbocycles. The number of aliphatic carboxylic acids is 1. The van der Waals surface area contributed by atoms with Crippen LogP contribution in [0.4, 0.5) is 4.79 Å². The molecule has 1 unspecified atom stereocenters. The highest BCUT2D eigenvalue weighted by molar-refractivity contribution is 8.00. The Kier molecular flexibility index (Phi) is 3.44. The normalized spacial score (nSPS) is 26.2. The van der Waals surface area contributed by atoms with Gasteiger partial charge in [0.25, 0.3) is 0 Å². The molecule has 1 saturated heterocycles. The highest BCUT2D eigenvalue weighted by atomic mass is 32.2. The number of nitrogens with two attached hydrogens (primary N) is 2. The van der Waals surface area contributed by atoms with Crippen LogP contribution in [-0.2, 0) is 9.59 Å². The number of carbonyl (C=O) groups excluding carboxylic acids is 2. The van der Waals surface area contributed by atoms with Crippen molar-refractivity contribution in [2.45, 2.75) is 11.4 Å². The average Bonchev–Trinajstić information content (AvgIpc) is 2.36. The van der Waals surface area contributed by atoms with Gasteiger partial charge in [0.05, 0.1) is 6.21 Å². The largest absolute Gasteiger partial charge is 0.477 e. The molecule has 2 heterocycles. The number of carboxylic acids is 1. The van der Waals surface area contributed by atoms with E-state index < -0.39 is 23.9 Å². The second-order valence-corrected chi connectivity index (χ2v) is 4.95. The summed E-state index contributed by atoms with van der Waals surface area (Å²) in [6.07, 6.45) is 1.16. The monoisotopic (exact) mass is 285 g/mol. The first-order chi connectivity index (χ1) is 8.93. The van der Waals surface area contributed by atoms with Gasteiger partial charge >= 0.3 is 12.0 Å². The third kappa shape index (κ3) is 2.27. The van der Waals surface area contributed by atoms with Crippen molar-refractivity contribution in [3.63, 3.8) is 0 Å². The zero-order valence-electron chi connectivity index (χ0n) is 9.57. The third-order valence-corrected chi connectivity index (χ3v) is 3.96. The fourth-order valence-corrected chi connectivity index (χ4v) is 3.06. The lowest BCUT2D eigenvalue weighted by Crippen LogP contribution is -2.68.